The summed E-state index contributed by atoms with van der Waals surface area (Å²) in [5.41, 5.74) is 1.12. The Hall–Kier alpha value is -2.17. The van der Waals surface area contributed by atoms with Crippen LogP contribution in [0.1, 0.15) is 32.0 Å². The third-order valence-corrected chi connectivity index (χ3v) is 5.58. The van der Waals surface area contributed by atoms with Crippen molar-refractivity contribution in [3.05, 3.63) is 36.4 Å². The predicted molar refractivity (Wildman–Crippen MR) is 141 cm³/mol. The molecule has 9 heteroatoms. The number of hydrogen-bond donors (Lipinski definition) is 2. The summed E-state index contributed by atoms with van der Waals surface area (Å²) in [5.74, 6) is 3.59. The first kappa shape index (κ1) is 26.1. The number of aliphatic imine (C=N–C) groups is 1. The lowest BCUT2D eigenvalue weighted by molar-refractivity contribution is 0.394. The van der Waals surface area contributed by atoms with Crippen molar-refractivity contribution in [3.8, 4) is 11.5 Å². The third-order valence-electron chi connectivity index (χ3n) is 5.58. The van der Waals surface area contributed by atoms with E-state index >= 15 is 0 Å². The fraction of sp³-hybridized carbons (Fsp3) is 0.565. The van der Waals surface area contributed by atoms with Crippen molar-refractivity contribution in [1.82, 2.24) is 20.2 Å². The summed E-state index contributed by atoms with van der Waals surface area (Å²) in [4.78, 5) is 11.4. The van der Waals surface area contributed by atoms with E-state index in [1.165, 1.54) is 0 Å². The van der Waals surface area contributed by atoms with E-state index in [9.17, 15) is 0 Å². The summed E-state index contributed by atoms with van der Waals surface area (Å²) < 4.78 is 13.0. The Morgan fingerprint density at radius 3 is 2.56 bits per heavy atom. The molecular formula is C23H37IN6O2. The predicted octanol–water partition coefficient (Wildman–Crippen LogP) is 3.44. The van der Waals surface area contributed by atoms with Crippen molar-refractivity contribution in [3.63, 3.8) is 0 Å². The van der Waals surface area contributed by atoms with Gasteiger partial charge in [-0.3, -0.25) is 4.99 Å². The number of halogens is 1. The normalized spacial score (nSPS) is 15.9. The van der Waals surface area contributed by atoms with E-state index in [2.05, 4.69) is 44.1 Å². The van der Waals surface area contributed by atoms with E-state index in [-0.39, 0.29) is 24.0 Å². The number of unbranched alkanes of at least 4 members (excludes halogenated alkanes) is 1. The summed E-state index contributed by atoms with van der Waals surface area (Å²) in [6.07, 6.45) is 7.09. The van der Waals surface area contributed by atoms with Crippen LogP contribution in [0.3, 0.4) is 0 Å². The van der Waals surface area contributed by atoms with E-state index in [1.54, 1.807) is 14.2 Å². The second-order valence-electron chi connectivity index (χ2n) is 7.78. The van der Waals surface area contributed by atoms with Crippen molar-refractivity contribution in [2.75, 3.05) is 45.3 Å². The molecule has 1 fully saturated rings. The molecule has 0 spiro atoms. The van der Waals surface area contributed by atoms with Crippen LogP contribution in [0.25, 0.3) is 0 Å². The zero-order valence-corrected chi connectivity index (χ0v) is 22.0. The minimum atomic E-state index is 0. The first-order valence-electron chi connectivity index (χ1n) is 11.1. The van der Waals surface area contributed by atoms with Crippen LogP contribution in [-0.2, 0) is 6.54 Å². The number of benzene rings is 1. The number of nitrogens with one attached hydrogen (secondary N) is 2. The number of ether oxygens (including phenoxy) is 2. The van der Waals surface area contributed by atoms with Gasteiger partial charge in [0.1, 0.15) is 17.3 Å². The second kappa shape index (κ2) is 13.4. The molecule has 3 rings (SSSR count). The van der Waals surface area contributed by atoms with Gasteiger partial charge in [0, 0.05) is 75.0 Å². The van der Waals surface area contributed by atoms with Crippen LogP contribution in [0, 0.1) is 6.92 Å². The van der Waals surface area contributed by atoms with E-state index in [0.717, 1.165) is 81.0 Å². The maximum Gasteiger partial charge on any atom is 0.191 e. The molecule has 178 valence electrons. The molecule has 0 saturated carbocycles. The lowest BCUT2D eigenvalue weighted by Crippen LogP contribution is -2.44. The van der Waals surface area contributed by atoms with E-state index < -0.39 is 0 Å². The number of aryl methyl sites for hydroxylation is 2. The molecule has 1 saturated heterocycles. The highest BCUT2D eigenvalue weighted by molar-refractivity contribution is 14.0. The number of nitrogens with zero attached hydrogens (tertiary/aromatic N) is 4. The van der Waals surface area contributed by atoms with E-state index in [0.29, 0.717) is 6.04 Å². The molecule has 2 aromatic rings. The zero-order chi connectivity index (χ0) is 22.1. The van der Waals surface area contributed by atoms with Gasteiger partial charge in [0.15, 0.2) is 5.96 Å². The van der Waals surface area contributed by atoms with Gasteiger partial charge in [0.05, 0.1) is 14.2 Å². The minimum Gasteiger partial charge on any atom is -0.497 e. The largest absolute Gasteiger partial charge is 0.497 e. The summed E-state index contributed by atoms with van der Waals surface area (Å²) in [6.45, 7) is 8.70. The first-order chi connectivity index (χ1) is 15.1. The summed E-state index contributed by atoms with van der Waals surface area (Å²) in [7, 11) is 3.37. The SMILES string of the molecule is CCNC(=NCCCCn1ccnc1C)NC1CCN(c2cc(OC)cc(OC)c2)C1.I. The molecule has 0 amide bonds. The molecule has 1 unspecified atom stereocenters. The van der Waals surface area contributed by atoms with Crippen LogP contribution in [0.15, 0.2) is 35.6 Å². The van der Waals surface area contributed by atoms with Crippen LogP contribution < -0.4 is 25.0 Å². The molecule has 2 heterocycles. The summed E-state index contributed by atoms with van der Waals surface area (Å²) in [5, 5.41) is 6.99. The van der Waals surface area contributed by atoms with Gasteiger partial charge in [-0.2, -0.15) is 0 Å². The van der Waals surface area contributed by atoms with E-state index in [4.69, 9.17) is 14.5 Å². The van der Waals surface area contributed by atoms with Gasteiger partial charge in [0.25, 0.3) is 0 Å². The molecule has 1 atom stereocenters. The Labute approximate surface area is 208 Å². The fourth-order valence-electron chi connectivity index (χ4n) is 3.83. The smallest absolute Gasteiger partial charge is 0.191 e. The molecule has 2 N–H and O–H groups in total. The molecule has 0 aliphatic carbocycles. The van der Waals surface area contributed by atoms with Crippen LogP contribution in [0.5, 0.6) is 11.5 Å². The summed E-state index contributed by atoms with van der Waals surface area (Å²) >= 11 is 0. The van der Waals surface area contributed by atoms with Crippen molar-refractivity contribution in [2.45, 2.75) is 45.7 Å². The first-order valence-corrected chi connectivity index (χ1v) is 11.1. The topological polar surface area (TPSA) is 75.9 Å². The molecule has 1 aromatic carbocycles. The van der Waals surface area contributed by atoms with Gasteiger partial charge in [-0.15, -0.1) is 24.0 Å². The number of aromatic nitrogens is 2. The monoisotopic (exact) mass is 556 g/mol. The number of imidazole rings is 1. The molecule has 1 aromatic heterocycles. The molecule has 1 aliphatic heterocycles. The highest BCUT2D eigenvalue weighted by Gasteiger charge is 2.24. The van der Waals surface area contributed by atoms with E-state index in [1.807, 2.05) is 25.4 Å². The Morgan fingerprint density at radius 1 is 1.19 bits per heavy atom. The Morgan fingerprint density at radius 2 is 1.94 bits per heavy atom. The Bertz CT molecular complexity index is 835. The van der Waals surface area contributed by atoms with Crippen LogP contribution in [-0.4, -0.2) is 62.0 Å². The van der Waals surface area contributed by atoms with Crippen molar-refractivity contribution in [1.29, 1.82) is 0 Å². The van der Waals surface area contributed by atoms with Crippen LogP contribution in [0.2, 0.25) is 0 Å². The Balaban J connectivity index is 0.00000363. The minimum absolute atomic E-state index is 0. The van der Waals surface area contributed by atoms with Gasteiger partial charge < -0.3 is 29.6 Å². The summed E-state index contributed by atoms with van der Waals surface area (Å²) in [6, 6.07) is 6.38. The zero-order valence-electron chi connectivity index (χ0n) is 19.6. The van der Waals surface area contributed by atoms with Gasteiger partial charge in [-0.1, -0.05) is 0 Å². The highest BCUT2D eigenvalue weighted by Crippen LogP contribution is 2.30. The number of hydrogen-bond acceptors (Lipinski definition) is 5. The van der Waals surface area contributed by atoms with Gasteiger partial charge in [-0.25, -0.2) is 4.98 Å². The van der Waals surface area contributed by atoms with Gasteiger partial charge in [0.2, 0.25) is 0 Å². The maximum absolute atomic E-state index is 5.42. The highest BCUT2D eigenvalue weighted by atomic mass is 127. The average Bonchev–Trinajstić information content (AvgIpc) is 3.42. The molecule has 0 radical (unpaired) electrons. The molecule has 1 aliphatic rings. The number of guanidine groups is 1. The van der Waals surface area contributed by atoms with Crippen LogP contribution >= 0.6 is 24.0 Å². The van der Waals surface area contributed by atoms with Crippen molar-refractivity contribution in [2.24, 2.45) is 4.99 Å². The van der Waals surface area contributed by atoms with Crippen molar-refractivity contribution >= 4 is 35.6 Å². The lowest BCUT2D eigenvalue weighted by atomic mass is 10.2. The van der Waals surface area contributed by atoms with Gasteiger partial charge >= 0.3 is 0 Å². The third kappa shape index (κ3) is 7.46. The molecule has 8 nitrogen and oxygen atoms in total. The molecule has 0 bridgehead atoms. The van der Waals surface area contributed by atoms with Gasteiger partial charge in [-0.05, 0) is 33.1 Å². The number of methoxy groups -OCH3 is 2. The van der Waals surface area contributed by atoms with Crippen LogP contribution in [0.4, 0.5) is 5.69 Å². The molecular weight excluding hydrogens is 519 g/mol. The number of rotatable bonds is 10. The maximum atomic E-state index is 5.42. The van der Waals surface area contributed by atoms with Crippen molar-refractivity contribution < 1.29 is 9.47 Å². The quantitative estimate of drug-likeness (QED) is 0.202. The Kier molecular flexibility index (Phi) is 10.9. The molecule has 32 heavy (non-hydrogen) atoms. The average molecular weight is 556 g/mol. The lowest BCUT2D eigenvalue weighted by Gasteiger charge is -2.21. The second-order valence-corrected chi connectivity index (χ2v) is 7.78. The fourth-order valence-corrected chi connectivity index (χ4v) is 3.83. The number of anilines is 1. The standard InChI is InChI=1S/C23H36N6O2.HI/c1-5-24-23(26-9-6-7-11-28-13-10-25-18(28)2)27-19-8-12-29(17-19)20-14-21(30-3)16-22(15-20)31-4;/h10,13-16,19H,5-9,11-12,17H2,1-4H3,(H2,24,26,27);1H.